The topological polar surface area (TPSA) is 37.4 Å². The lowest BCUT2D eigenvalue weighted by atomic mass is 9.85. The number of anilines is 1. The first-order valence-corrected chi connectivity index (χ1v) is 7.76. The molecule has 0 spiro atoms. The Bertz CT molecular complexity index is 642. The van der Waals surface area contributed by atoms with E-state index in [4.69, 9.17) is 11.6 Å². The molecule has 4 unspecified atom stereocenters. The van der Waals surface area contributed by atoms with Crippen LogP contribution in [0.25, 0.3) is 0 Å². The van der Waals surface area contributed by atoms with Gasteiger partial charge in [-0.3, -0.25) is 9.59 Å². The average molecular weight is 353 g/mol. The molecule has 4 atom stereocenters. The van der Waals surface area contributed by atoms with Gasteiger partial charge in [-0.1, -0.05) is 23.8 Å². The van der Waals surface area contributed by atoms with Crippen molar-refractivity contribution in [2.75, 3.05) is 4.90 Å². The van der Waals surface area contributed by atoms with Crippen LogP contribution >= 0.6 is 27.5 Å². The predicted molar refractivity (Wildman–Crippen MR) is 79.4 cm³/mol. The molecule has 1 aliphatic heterocycles. The predicted octanol–water partition coefficient (Wildman–Crippen LogP) is 3.41. The number of allylic oxidation sites excluding steroid dienone is 2. The van der Waals surface area contributed by atoms with E-state index in [1.807, 2.05) is 0 Å². The number of hydrogen-bond donors (Lipinski definition) is 0. The van der Waals surface area contributed by atoms with E-state index >= 15 is 0 Å². The number of nitrogens with zero attached hydrogens (tertiary/aromatic N) is 1. The molecule has 4 rings (SSSR count). The monoisotopic (exact) mass is 351 g/mol. The number of imide groups is 1. The number of halogens is 2. The van der Waals surface area contributed by atoms with Crippen molar-refractivity contribution < 1.29 is 9.59 Å². The lowest BCUT2D eigenvalue weighted by molar-refractivity contribution is -0.123. The number of fused-ring (bicyclic) bond motifs is 5. The van der Waals surface area contributed by atoms with E-state index < -0.39 is 0 Å². The van der Waals surface area contributed by atoms with Gasteiger partial charge in [-0.15, -0.1) is 0 Å². The highest BCUT2D eigenvalue weighted by atomic mass is 79.9. The summed E-state index contributed by atoms with van der Waals surface area (Å²) in [6, 6.07) is 5.13. The fraction of sp³-hybridized carbons (Fsp3) is 0.333. The lowest BCUT2D eigenvalue weighted by Gasteiger charge is -2.18. The van der Waals surface area contributed by atoms with Crippen molar-refractivity contribution in [1.29, 1.82) is 0 Å². The zero-order valence-electron chi connectivity index (χ0n) is 10.4. The van der Waals surface area contributed by atoms with Gasteiger partial charge in [-0.2, -0.15) is 0 Å². The fourth-order valence-electron chi connectivity index (χ4n) is 3.80. The number of rotatable bonds is 1. The summed E-state index contributed by atoms with van der Waals surface area (Å²) in [5.74, 6) is -0.00467. The van der Waals surface area contributed by atoms with Crippen LogP contribution in [-0.4, -0.2) is 11.8 Å². The summed E-state index contributed by atoms with van der Waals surface area (Å²) in [5, 5.41) is 0.571. The van der Waals surface area contributed by atoms with Gasteiger partial charge in [0.15, 0.2) is 0 Å². The van der Waals surface area contributed by atoms with E-state index in [2.05, 4.69) is 28.1 Å². The van der Waals surface area contributed by atoms with Gasteiger partial charge in [0, 0.05) is 9.50 Å². The van der Waals surface area contributed by atoms with E-state index in [1.165, 1.54) is 4.90 Å². The maximum Gasteiger partial charge on any atom is 0.238 e. The molecule has 1 heterocycles. The minimum atomic E-state index is -0.167. The van der Waals surface area contributed by atoms with Crippen molar-refractivity contribution in [2.24, 2.45) is 23.7 Å². The van der Waals surface area contributed by atoms with E-state index in [9.17, 15) is 9.59 Å². The Labute approximate surface area is 129 Å². The molecule has 2 bridgehead atoms. The molecule has 2 aliphatic carbocycles. The second-order valence-corrected chi connectivity index (χ2v) is 6.90. The summed E-state index contributed by atoms with van der Waals surface area (Å²) in [4.78, 5) is 26.6. The molecule has 1 aromatic rings. The molecule has 2 amide bonds. The first-order valence-electron chi connectivity index (χ1n) is 6.59. The van der Waals surface area contributed by atoms with E-state index in [1.54, 1.807) is 18.2 Å². The molecule has 3 aliphatic rings. The van der Waals surface area contributed by atoms with E-state index in [0.717, 1.165) is 6.42 Å². The number of carbonyl (C=O) groups is 2. The molecule has 1 saturated carbocycles. The largest absolute Gasteiger partial charge is 0.274 e. The summed E-state index contributed by atoms with van der Waals surface area (Å²) in [7, 11) is 0. The second kappa shape index (κ2) is 4.18. The number of hydrogen-bond acceptors (Lipinski definition) is 2. The Morgan fingerprint density at radius 2 is 1.70 bits per heavy atom. The normalized spacial score (nSPS) is 34.2. The van der Waals surface area contributed by atoms with Gasteiger partial charge in [0.25, 0.3) is 0 Å². The van der Waals surface area contributed by atoms with Gasteiger partial charge >= 0.3 is 0 Å². The smallest absolute Gasteiger partial charge is 0.238 e. The van der Waals surface area contributed by atoms with Crippen LogP contribution in [0.15, 0.2) is 34.8 Å². The molecule has 1 saturated heterocycles. The van der Waals surface area contributed by atoms with Crippen LogP contribution in [-0.2, 0) is 9.59 Å². The van der Waals surface area contributed by atoms with Crippen molar-refractivity contribution in [3.63, 3.8) is 0 Å². The molecule has 2 fully saturated rings. The molecule has 20 heavy (non-hydrogen) atoms. The van der Waals surface area contributed by atoms with E-state index in [0.29, 0.717) is 15.2 Å². The van der Waals surface area contributed by atoms with Gasteiger partial charge in [-0.25, -0.2) is 4.90 Å². The van der Waals surface area contributed by atoms with Crippen LogP contribution in [0.5, 0.6) is 0 Å². The first-order chi connectivity index (χ1) is 9.58. The quantitative estimate of drug-likeness (QED) is 0.574. The molecule has 0 N–H and O–H groups in total. The highest BCUT2D eigenvalue weighted by Crippen LogP contribution is 2.53. The van der Waals surface area contributed by atoms with Gasteiger partial charge in [-0.05, 0) is 52.4 Å². The van der Waals surface area contributed by atoms with Crippen molar-refractivity contribution in [1.82, 2.24) is 0 Å². The third-order valence-electron chi connectivity index (χ3n) is 4.62. The Balaban J connectivity index is 1.78. The maximum absolute atomic E-state index is 12.6. The zero-order valence-corrected chi connectivity index (χ0v) is 12.8. The van der Waals surface area contributed by atoms with Gasteiger partial charge in [0.05, 0.1) is 17.5 Å². The minimum absolute atomic E-state index is 0.0696. The third-order valence-corrected chi connectivity index (χ3v) is 5.49. The summed E-state index contributed by atoms with van der Waals surface area (Å²) in [5.41, 5.74) is 0.596. The lowest BCUT2D eigenvalue weighted by Crippen LogP contribution is -2.33. The third kappa shape index (κ3) is 1.52. The standard InChI is InChI=1S/C15H11BrClNO2/c16-10-6-9(17)3-4-11(10)18-14(19)12-7-1-2-8(5-7)13(12)15(18)20/h1-4,6-8,12-13H,5H2. The summed E-state index contributed by atoms with van der Waals surface area (Å²) < 4.78 is 0.673. The average Bonchev–Trinajstić information content (AvgIpc) is 3.06. The molecule has 1 aromatic carbocycles. The van der Waals surface area contributed by atoms with Gasteiger partial charge in [0.2, 0.25) is 11.8 Å². The summed E-state index contributed by atoms with van der Waals surface area (Å²) in [6.45, 7) is 0. The van der Waals surface area contributed by atoms with Crippen molar-refractivity contribution in [3.05, 3.63) is 39.8 Å². The first kappa shape index (κ1) is 12.6. The minimum Gasteiger partial charge on any atom is -0.274 e. The Morgan fingerprint density at radius 1 is 1.10 bits per heavy atom. The van der Waals surface area contributed by atoms with Crippen LogP contribution in [0.3, 0.4) is 0 Å². The van der Waals surface area contributed by atoms with Gasteiger partial charge in [0.1, 0.15) is 0 Å². The SMILES string of the molecule is O=C1C2C3C=CC(C3)C2C(=O)N1c1ccc(Cl)cc1Br. The summed E-state index contributed by atoms with van der Waals surface area (Å²) in [6.07, 6.45) is 5.14. The number of benzene rings is 1. The molecule has 0 radical (unpaired) electrons. The van der Waals surface area contributed by atoms with Crippen LogP contribution in [0.2, 0.25) is 5.02 Å². The van der Waals surface area contributed by atoms with Crippen LogP contribution in [0.4, 0.5) is 5.69 Å². The van der Waals surface area contributed by atoms with E-state index in [-0.39, 0.29) is 35.5 Å². The second-order valence-electron chi connectivity index (χ2n) is 5.61. The highest BCUT2D eigenvalue weighted by molar-refractivity contribution is 9.10. The molecule has 0 aromatic heterocycles. The Morgan fingerprint density at radius 3 is 2.25 bits per heavy atom. The number of amides is 2. The van der Waals surface area contributed by atoms with Crippen molar-refractivity contribution in [3.8, 4) is 0 Å². The van der Waals surface area contributed by atoms with Gasteiger partial charge < -0.3 is 0 Å². The van der Waals surface area contributed by atoms with Crippen LogP contribution < -0.4 is 4.90 Å². The Kier molecular flexibility index (Phi) is 2.63. The summed E-state index contributed by atoms with van der Waals surface area (Å²) >= 11 is 9.31. The molecule has 3 nitrogen and oxygen atoms in total. The zero-order chi connectivity index (χ0) is 14.0. The van der Waals surface area contributed by atoms with Crippen LogP contribution in [0.1, 0.15) is 6.42 Å². The number of carbonyl (C=O) groups excluding carboxylic acids is 2. The molecular formula is C15H11BrClNO2. The highest BCUT2D eigenvalue weighted by Gasteiger charge is 2.59. The Hall–Kier alpha value is -1.13. The van der Waals surface area contributed by atoms with Crippen molar-refractivity contribution >= 4 is 45.0 Å². The molecular weight excluding hydrogens is 342 g/mol. The van der Waals surface area contributed by atoms with Crippen LogP contribution in [0, 0.1) is 23.7 Å². The molecule has 102 valence electrons. The fourth-order valence-corrected chi connectivity index (χ4v) is 4.66. The van der Waals surface area contributed by atoms with Crippen molar-refractivity contribution in [2.45, 2.75) is 6.42 Å². The molecule has 5 heteroatoms. The maximum atomic E-state index is 12.6.